The van der Waals surface area contributed by atoms with E-state index in [1.165, 1.54) is 0 Å². The molecular weight excluding hydrogens is 306 g/mol. The van der Waals surface area contributed by atoms with Crippen LogP contribution in [0.4, 0.5) is 0 Å². The number of benzene rings is 2. The van der Waals surface area contributed by atoms with Crippen LogP contribution in [-0.4, -0.2) is 27.1 Å². The fourth-order valence-electron chi connectivity index (χ4n) is 2.87. The molecule has 5 nitrogen and oxygen atoms in total. The topological polar surface area (TPSA) is 87.5 Å². The Bertz CT molecular complexity index is 948. The Kier molecular flexibility index (Phi) is 4.00. The number of hydrogen-bond donors (Lipinski definition) is 2. The van der Waals surface area contributed by atoms with Crippen LogP contribution in [0.3, 0.4) is 0 Å². The Balaban J connectivity index is 2.47. The first-order valence-corrected chi connectivity index (χ1v) is 7.41. The number of pyridine rings is 1. The monoisotopic (exact) mass is 321 g/mol. The molecule has 1 aromatic heterocycles. The number of aromatic carboxylic acids is 1. The van der Waals surface area contributed by atoms with Gasteiger partial charge in [0, 0.05) is 16.5 Å². The van der Waals surface area contributed by atoms with Crippen molar-refractivity contribution >= 4 is 22.8 Å². The summed E-state index contributed by atoms with van der Waals surface area (Å²) in [6.45, 7) is 1.85. The van der Waals surface area contributed by atoms with Gasteiger partial charge < -0.3 is 10.2 Å². The minimum atomic E-state index is -1.15. The molecule has 120 valence electrons. The highest BCUT2D eigenvalue weighted by molar-refractivity contribution is 6.07. The van der Waals surface area contributed by atoms with Crippen molar-refractivity contribution in [1.29, 1.82) is 0 Å². The smallest absolute Gasteiger partial charge is 0.336 e. The highest BCUT2D eigenvalue weighted by Gasteiger charge is 2.23. The van der Waals surface area contributed by atoms with Gasteiger partial charge in [-0.05, 0) is 12.5 Å². The van der Waals surface area contributed by atoms with Crippen molar-refractivity contribution in [2.75, 3.05) is 0 Å². The van der Waals surface area contributed by atoms with Gasteiger partial charge >= 0.3 is 11.9 Å². The average molecular weight is 321 g/mol. The molecule has 3 aromatic rings. The average Bonchev–Trinajstić information content (AvgIpc) is 2.54. The van der Waals surface area contributed by atoms with E-state index in [4.69, 9.17) is 0 Å². The second kappa shape index (κ2) is 6.12. The van der Waals surface area contributed by atoms with Crippen molar-refractivity contribution in [3.63, 3.8) is 0 Å². The fraction of sp³-hybridized carbons (Fsp3) is 0.105. The van der Waals surface area contributed by atoms with Gasteiger partial charge in [0.25, 0.3) is 0 Å². The molecular formula is C19H15NO4. The highest BCUT2D eigenvalue weighted by Crippen LogP contribution is 2.32. The Morgan fingerprint density at radius 3 is 2.33 bits per heavy atom. The number of carboxylic acids is 2. The summed E-state index contributed by atoms with van der Waals surface area (Å²) in [5, 5.41) is 19.4. The molecule has 3 rings (SSSR count). The number of aryl methyl sites for hydroxylation is 1. The predicted molar refractivity (Wildman–Crippen MR) is 90.2 cm³/mol. The molecule has 0 saturated heterocycles. The molecule has 0 aliphatic carbocycles. The van der Waals surface area contributed by atoms with Crippen LogP contribution in [0.5, 0.6) is 0 Å². The maximum atomic E-state index is 11.9. The number of hydrogen-bond acceptors (Lipinski definition) is 3. The first kappa shape index (κ1) is 15.7. The molecule has 0 radical (unpaired) electrons. The lowest BCUT2D eigenvalue weighted by Gasteiger charge is -2.15. The van der Waals surface area contributed by atoms with Gasteiger partial charge in [-0.1, -0.05) is 48.5 Å². The fourth-order valence-corrected chi connectivity index (χ4v) is 2.87. The first-order chi connectivity index (χ1) is 11.5. The van der Waals surface area contributed by atoms with E-state index in [1.807, 2.05) is 31.2 Å². The summed E-state index contributed by atoms with van der Waals surface area (Å²) in [4.78, 5) is 27.8. The number of rotatable bonds is 4. The van der Waals surface area contributed by atoms with E-state index in [9.17, 15) is 19.8 Å². The van der Waals surface area contributed by atoms with Crippen molar-refractivity contribution in [3.8, 4) is 11.3 Å². The summed E-state index contributed by atoms with van der Waals surface area (Å²) in [6, 6.07) is 14.3. The van der Waals surface area contributed by atoms with Crippen LogP contribution in [0.1, 0.15) is 21.5 Å². The number of carbonyl (C=O) groups is 2. The van der Waals surface area contributed by atoms with E-state index in [-0.39, 0.29) is 11.1 Å². The lowest BCUT2D eigenvalue weighted by molar-refractivity contribution is -0.136. The SMILES string of the molecule is Cc1cccc2c(C(=O)O)c(CC(=O)O)c(-c3ccccc3)nc12. The van der Waals surface area contributed by atoms with Gasteiger partial charge in [-0.15, -0.1) is 0 Å². The lowest BCUT2D eigenvalue weighted by Crippen LogP contribution is -2.12. The van der Waals surface area contributed by atoms with Crippen LogP contribution in [0, 0.1) is 6.92 Å². The van der Waals surface area contributed by atoms with E-state index in [2.05, 4.69) is 4.98 Å². The molecule has 0 spiro atoms. The zero-order chi connectivity index (χ0) is 17.3. The van der Waals surface area contributed by atoms with Crippen molar-refractivity contribution in [1.82, 2.24) is 4.98 Å². The third kappa shape index (κ3) is 2.72. The van der Waals surface area contributed by atoms with E-state index < -0.39 is 18.4 Å². The molecule has 1 heterocycles. The Morgan fingerprint density at radius 2 is 1.71 bits per heavy atom. The summed E-state index contributed by atoms with van der Waals surface area (Å²) in [5.74, 6) is -2.25. The van der Waals surface area contributed by atoms with Gasteiger partial charge in [-0.3, -0.25) is 4.79 Å². The van der Waals surface area contributed by atoms with Crippen LogP contribution >= 0.6 is 0 Å². The van der Waals surface area contributed by atoms with Crippen molar-refractivity contribution in [2.45, 2.75) is 13.3 Å². The van der Waals surface area contributed by atoms with E-state index >= 15 is 0 Å². The zero-order valence-corrected chi connectivity index (χ0v) is 13.0. The number of para-hydroxylation sites is 1. The lowest BCUT2D eigenvalue weighted by atomic mass is 9.93. The van der Waals surface area contributed by atoms with Gasteiger partial charge in [-0.2, -0.15) is 0 Å². The van der Waals surface area contributed by atoms with Crippen LogP contribution in [0.15, 0.2) is 48.5 Å². The first-order valence-electron chi connectivity index (χ1n) is 7.41. The standard InChI is InChI=1S/C19H15NO4/c1-11-6-5-9-13-16(19(23)24)14(10-15(21)22)18(20-17(11)13)12-7-3-2-4-8-12/h2-9H,10H2,1H3,(H,21,22)(H,23,24). The Morgan fingerprint density at radius 1 is 1.00 bits per heavy atom. The van der Waals surface area contributed by atoms with Gasteiger partial charge in [0.2, 0.25) is 0 Å². The number of aromatic nitrogens is 1. The van der Waals surface area contributed by atoms with Crippen molar-refractivity contribution < 1.29 is 19.8 Å². The number of fused-ring (bicyclic) bond motifs is 1. The molecule has 5 heteroatoms. The van der Waals surface area contributed by atoms with E-state index in [0.29, 0.717) is 22.2 Å². The van der Waals surface area contributed by atoms with Crippen molar-refractivity contribution in [3.05, 3.63) is 65.2 Å². The minimum absolute atomic E-state index is 0.00459. The molecule has 0 fully saturated rings. The van der Waals surface area contributed by atoms with E-state index in [0.717, 1.165) is 5.56 Å². The zero-order valence-electron chi connectivity index (χ0n) is 13.0. The highest BCUT2D eigenvalue weighted by atomic mass is 16.4. The van der Waals surface area contributed by atoms with E-state index in [1.54, 1.807) is 24.3 Å². The van der Waals surface area contributed by atoms with Crippen LogP contribution in [-0.2, 0) is 11.2 Å². The third-order valence-electron chi connectivity index (χ3n) is 3.91. The normalized spacial score (nSPS) is 10.7. The summed E-state index contributed by atoms with van der Waals surface area (Å²) in [6.07, 6.45) is -0.400. The second-order valence-corrected chi connectivity index (χ2v) is 5.53. The molecule has 0 saturated carbocycles. The largest absolute Gasteiger partial charge is 0.481 e. The Hall–Kier alpha value is -3.21. The predicted octanol–water partition coefficient (Wildman–Crippen LogP) is 3.54. The molecule has 0 aliphatic heterocycles. The van der Waals surface area contributed by atoms with Crippen molar-refractivity contribution in [2.24, 2.45) is 0 Å². The molecule has 0 atom stereocenters. The number of nitrogens with zero attached hydrogens (tertiary/aromatic N) is 1. The second-order valence-electron chi connectivity index (χ2n) is 5.53. The van der Waals surface area contributed by atoms with Crippen LogP contribution in [0.2, 0.25) is 0 Å². The summed E-state index contributed by atoms with van der Waals surface area (Å²) in [7, 11) is 0. The van der Waals surface area contributed by atoms with Gasteiger partial charge in [0.1, 0.15) is 0 Å². The maximum Gasteiger partial charge on any atom is 0.336 e. The molecule has 0 bridgehead atoms. The molecule has 24 heavy (non-hydrogen) atoms. The Labute approximate surface area is 138 Å². The minimum Gasteiger partial charge on any atom is -0.481 e. The third-order valence-corrected chi connectivity index (χ3v) is 3.91. The maximum absolute atomic E-state index is 11.9. The van der Waals surface area contributed by atoms with Crippen LogP contribution < -0.4 is 0 Å². The van der Waals surface area contributed by atoms with Gasteiger partial charge in [0.15, 0.2) is 0 Å². The quantitative estimate of drug-likeness (QED) is 0.767. The van der Waals surface area contributed by atoms with Crippen LogP contribution in [0.25, 0.3) is 22.2 Å². The molecule has 2 N–H and O–H groups in total. The summed E-state index contributed by atoms with van der Waals surface area (Å²) in [5.41, 5.74) is 2.74. The summed E-state index contributed by atoms with van der Waals surface area (Å²) < 4.78 is 0. The molecule has 2 aromatic carbocycles. The molecule has 0 amide bonds. The number of aliphatic carboxylic acids is 1. The van der Waals surface area contributed by atoms with Gasteiger partial charge in [-0.25, -0.2) is 9.78 Å². The molecule has 0 unspecified atom stereocenters. The summed E-state index contributed by atoms with van der Waals surface area (Å²) >= 11 is 0. The molecule has 0 aliphatic rings. The number of carboxylic acid groups (broad SMARTS) is 2. The van der Waals surface area contributed by atoms with Gasteiger partial charge in [0.05, 0.1) is 23.2 Å².